The first-order chi connectivity index (χ1) is 17.5. The van der Waals surface area contributed by atoms with Gasteiger partial charge in [0.05, 0.1) is 24.2 Å². The zero-order valence-corrected chi connectivity index (χ0v) is 22.5. The van der Waals surface area contributed by atoms with Crippen molar-refractivity contribution in [2.75, 3.05) is 13.2 Å². The van der Waals surface area contributed by atoms with E-state index in [1.54, 1.807) is 6.07 Å². The molecule has 6 heteroatoms. The number of hydrogen-bond acceptors (Lipinski definition) is 3. The molecule has 0 radical (unpaired) electrons. The molecule has 0 saturated heterocycles. The Labute approximate surface area is 219 Å². The van der Waals surface area contributed by atoms with Gasteiger partial charge in [-0.15, -0.1) is 0 Å². The van der Waals surface area contributed by atoms with E-state index in [-0.39, 0.29) is 5.97 Å². The number of unbranched alkanes of at least 4 members (excludes halogenated alkanes) is 3. The summed E-state index contributed by atoms with van der Waals surface area (Å²) in [7, 11) is 0. The van der Waals surface area contributed by atoms with E-state index in [1.165, 1.54) is 6.07 Å². The van der Waals surface area contributed by atoms with Gasteiger partial charge in [0.1, 0.15) is 5.75 Å². The second-order valence-electron chi connectivity index (χ2n) is 10.5. The third kappa shape index (κ3) is 8.11. The Balaban J connectivity index is 1.50. The summed E-state index contributed by atoms with van der Waals surface area (Å²) in [5.74, 6) is 0.690. The van der Waals surface area contributed by atoms with E-state index >= 15 is 0 Å². The van der Waals surface area contributed by atoms with E-state index < -0.39 is 17.2 Å². The first kappa shape index (κ1) is 28.8. The molecule has 0 aromatic heterocycles. The minimum atomic E-state index is -4.35. The molecule has 1 aliphatic rings. The van der Waals surface area contributed by atoms with Gasteiger partial charge in [0.15, 0.2) is 0 Å². The summed E-state index contributed by atoms with van der Waals surface area (Å²) in [4.78, 5) is 12.0. The molecule has 0 spiro atoms. The Bertz CT molecular complexity index is 1100. The van der Waals surface area contributed by atoms with Crippen LogP contribution in [-0.2, 0) is 22.1 Å². The van der Waals surface area contributed by atoms with E-state index in [0.717, 1.165) is 85.4 Å². The van der Waals surface area contributed by atoms with Crippen LogP contribution >= 0.6 is 0 Å². The number of hydrogen-bond donors (Lipinski definition) is 0. The number of carbonyl (C=O) groups is 1. The van der Waals surface area contributed by atoms with Gasteiger partial charge in [0.2, 0.25) is 0 Å². The SMILES string of the molecule is CCC(C)(C)C(=O)OCCCCCCOc1ccc2c(c1)CCCC(c1cc(C(F)(F)F)ccc1C)=C2. The molecule has 0 saturated carbocycles. The normalized spacial score (nSPS) is 14.0. The van der Waals surface area contributed by atoms with E-state index in [4.69, 9.17) is 9.47 Å². The number of aryl methyl sites for hydroxylation is 2. The topological polar surface area (TPSA) is 35.5 Å². The van der Waals surface area contributed by atoms with Crippen LogP contribution in [0.25, 0.3) is 11.6 Å². The Kier molecular flexibility index (Phi) is 9.86. The van der Waals surface area contributed by atoms with Crippen molar-refractivity contribution in [2.24, 2.45) is 5.41 Å². The highest BCUT2D eigenvalue weighted by atomic mass is 19.4. The largest absolute Gasteiger partial charge is 0.494 e. The predicted octanol–water partition coefficient (Wildman–Crippen LogP) is 8.81. The van der Waals surface area contributed by atoms with Crippen molar-refractivity contribution >= 4 is 17.6 Å². The summed E-state index contributed by atoms with van der Waals surface area (Å²) >= 11 is 0. The molecular weight excluding hydrogens is 477 g/mol. The maximum Gasteiger partial charge on any atom is 0.416 e. The van der Waals surface area contributed by atoms with E-state index in [0.29, 0.717) is 18.8 Å². The molecule has 1 aliphatic carbocycles. The fourth-order valence-electron chi connectivity index (χ4n) is 4.37. The number of alkyl halides is 3. The first-order valence-corrected chi connectivity index (χ1v) is 13.3. The molecule has 37 heavy (non-hydrogen) atoms. The maximum atomic E-state index is 13.3. The summed E-state index contributed by atoms with van der Waals surface area (Å²) in [5, 5.41) is 0. The van der Waals surface area contributed by atoms with Crippen molar-refractivity contribution in [3.8, 4) is 5.75 Å². The molecule has 0 bridgehead atoms. The second-order valence-corrected chi connectivity index (χ2v) is 10.5. The number of fused-ring (bicyclic) bond motifs is 1. The number of halogens is 3. The molecular formula is C31H39F3O3. The number of benzene rings is 2. The molecule has 0 aliphatic heterocycles. The lowest BCUT2D eigenvalue weighted by molar-refractivity contribution is -0.154. The van der Waals surface area contributed by atoms with Crippen molar-refractivity contribution in [1.29, 1.82) is 0 Å². The van der Waals surface area contributed by atoms with Crippen LogP contribution in [0.2, 0.25) is 0 Å². The average Bonchev–Trinajstić information content (AvgIpc) is 3.07. The number of allylic oxidation sites excluding steroid dienone is 1. The van der Waals surface area contributed by atoms with Gasteiger partial charge in [0.25, 0.3) is 0 Å². The van der Waals surface area contributed by atoms with Crippen LogP contribution in [0.5, 0.6) is 5.75 Å². The highest BCUT2D eigenvalue weighted by molar-refractivity contribution is 5.84. The third-order valence-electron chi connectivity index (χ3n) is 7.22. The van der Waals surface area contributed by atoms with Crippen molar-refractivity contribution in [3.63, 3.8) is 0 Å². The van der Waals surface area contributed by atoms with Crippen molar-refractivity contribution in [1.82, 2.24) is 0 Å². The van der Waals surface area contributed by atoms with Crippen LogP contribution in [0, 0.1) is 12.3 Å². The van der Waals surface area contributed by atoms with Gasteiger partial charge in [0, 0.05) is 0 Å². The summed E-state index contributed by atoms with van der Waals surface area (Å²) in [6.45, 7) is 8.73. The number of esters is 1. The molecule has 3 rings (SSSR count). The van der Waals surface area contributed by atoms with Crippen LogP contribution in [0.1, 0.15) is 93.5 Å². The molecule has 0 unspecified atom stereocenters. The van der Waals surface area contributed by atoms with Gasteiger partial charge in [-0.3, -0.25) is 4.79 Å². The summed E-state index contributed by atoms with van der Waals surface area (Å²) in [5.41, 5.74) is 3.64. The maximum absolute atomic E-state index is 13.3. The van der Waals surface area contributed by atoms with Crippen LogP contribution in [0.3, 0.4) is 0 Å². The van der Waals surface area contributed by atoms with Gasteiger partial charge < -0.3 is 9.47 Å². The molecule has 0 heterocycles. The van der Waals surface area contributed by atoms with Crippen LogP contribution in [-0.4, -0.2) is 19.2 Å². The molecule has 2 aromatic carbocycles. The molecule has 0 fully saturated rings. The molecule has 0 atom stereocenters. The minimum absolute atomic E-state index is 0.131. The first-order valence-electron chi connectivity index (χ1n) is 13.3. The van der Waals surface area contributed by atoms with E-state index in [9.17, 15) is 18.0 Å². The second kappa shape index (κ2) is 12.7. The van der Waals surface area contributed by atoms with Crippen molar-refractivity contribution < 1.29 is 27.4 Å². The van der Waals surface area contributed by atoms with Gasteiger partial charge in [-0.2, -0.15) is 13.2 Å². The molecule has 202 valence electrons. The molecule has 0 N–H and O–H groups in total. The zero-order valence-electron chi connectivity index (χ0n) is 22.5. The fourth-order valence-corrected chi connectivity index (χ4v) is 4.37. The van der Waals surface area contributed by atoms with Gasteiger partial charge >= 0.3 is 12.1 Å². The smallest absolute Gasteiger partial charge is 0.416 e. The Hall–Kier alpha value is -2.76. The van der Waals surface area contributed by atoms with Gasteiger partial charge in [-0.25, -0.2) is 0 Å². The van der Waals surface area contributed by atoms with Crippen LogP contribution in [0.15, 0.2) is 36.4 Å². The van der Waals surface area contributed by atoms with Crippen LogP contribution < -0.4 is 4.74 Å². The Morgan fingerprint density at radius 3 is 2.38 bits per heavy atom. The monoisotopic (exact) mass is 516 g/mol. The molecule has 2 aromatic rings. The lowest BCUT2D eigenvalue weighted by atomic mass is 9.91. The zero-order chi connectivity index (χ0) is 27.1. The fraction of sp³-hybridized carbons (Fsp3) is 0.516. The van der Waals surface area contributed by atoms with Gasteiger partial charge in [-0.1, -0.05) is 25.1 Å². The van der Waals surface area contributed by atoms with Gasteiger partial charge in [-0.05, 0) is 124 Å². The lowest BCUT2D eigenvalue weighted by Crippen LogP contribution is -2.26. The number of carbonyl (C=O) groups excluding carboxylic acids is 1. The molecule has 0 amide bonds. The predicted molar refractivity (Wildman–Crippen MR) is 142 cm³/mol. The highest BCUT2D eigenvalue weighted by Crippen LogP contribution is 2.36. The van der Waals surface area contributed by atoms with Crippen molar-refractivity contribution in [3.05, 3.63) is 64.2 Å². The van der Waals surface area contributed by atoms with E-state index in [2.05, 4.69) is 6.07 Å². The Morgan fingerprint density at radius 2 is 1.68 bits per heavy atom. The summed E-state index contributed by atoms with van der Waals surface area (Å²) < 4.78 is 51.1. The van der Waals surface area contributed by atoms with E-state index in [1.807, 2.05) is 45.9 Å². The highest BCUT2D eigenvalue weighted by Gasteiger charge is 2.31. The minimum Gasteiger partial charge on any atom is -0.494 e. The molecule has 3 nitrogen and oxygen atoms in total. The van der Waals surface area contributed by atoms with Crippen molar-refractivity contribution in [2.45, 2.75) is 85.2 Å². The number of ether oxygens (including phenoxy) is 2. The average molecular weight is 517 g/mol. The third-order valence-corrected chi connectivity index (χ3v) is 7.22. The quantitative estimate of drug-likeness (QED) is 0.221. The lowest BCUT2D eigenvalue weighted by Gasteiger charge is -2.20. The summed E-state index contributed by atoms with van der Waals surface area (Å²) in [6.07, 6.45) is 4.67. The Morgan fingerprint density at radius 1 is 0.946 bits per heavy atom. The summed E-state index contributed by atoms with van der Waals surface area (Å²) in [6, 6.07) is 9.98. The standard InChI is InChI=1S/C31H39F3O3/c1-5-30(3,4)29(35)37-18-9-7-6-8-17-36-27-16-14-24-19-25(12-10-11-23(24)20-27)28-21-26(31(32,33)34)15-13-22(28)2/h13-16,19-21H,5-12,17-18H2,1-4H3. The number of rotatable bonds is 11. The van der Waals surface area contributed by atoms with Crippen LogP contribution in [0.4, 0.5) is 13.2 Å².